The van der Waals surface area contributed by atoms with Crippen molar-refractivity contribution in [2.24, 2.45) is 7.05 Å². The van der Waals surface area contributed by atoms with E-state index in [4.69, 9.17) is 4.74 Å². The molecule has 1 heterocycles. The lowest BCUT2D eigenvalue weighted by Gasteiger charge is -2.19. The number of nitrogens with zero attached hydrogens (tertiary/aromatic N) is 3. The summed E-state index contributed by atoms with van der Waals surface area (Å²) < 4.78 is 7.38. The van der Waals surface area contributed by atoms with Crippen molar-refractivity contribution in [3.8, 4) is 17.1 Å². The zero-order valence-electron chi connectivity index (χ0n) is 23.0. The lowest BCUT2D eigenvalue weighted by Crippen LogP contribution is -2.16. The summed E-state index contributed by atoms with van der Waals surface area (Å²) in [6.45, 7) is 8.40. The summed E-state index contributed by atoms with van der Waals surface area (Å²) in [7, 11) is 3.41. The van der Waals surface area contributed by atoms with E-state index in [0.717, 1.165) is 17.0 Å². The molecule has 39 heavy (non-hydrogen) atoms. The topological polar surface area (TPSA) is 98.1 Å². The lowest BCUT2D eigenvalue weighted by molar-refractivity contribution is -0.113. The Balaban J connectivity index is 1.40. The molecule has 202 valence electrons. The minimum atomic E-state index is -0.220. The van der Waals surface area contributed by atoms with Gasteiger partial charge in [0.1, 0.15) is 5.75 Å². The smallest absolute Gasteiger partial charge is 0.255 e. The van der Waals surface area contributed by atoms with E-state index in [0.29, 0.717) is 27.8 Å². The van der Waals surface area contributed by atoms with Crippen molar-refractivity contribution < 1.29 is 14.3 Å². The monoisotopic (exact) mass is 543 g/mol. The molecule has 4 aromatic rings. The molecule has 0 aliphatic rings. The average molecular weight is 544 g/mol. The van der Waals surface area contributed by atoms with Crippen LogP contribution in [0.15, 0.2) is 71.9 Å². The van der Waals surface area contributed by atoms with E-state index in [1.807, 2.05) is 48.9 Å². The van der Waals surface area contributed by atoms with Crippen LogP contribution in [-0.4, -0.2) is 39.4 Å². The van der Waals surface area contributed by atoms with Gasteiger partial charge >= 0.3 is 0 Å². The number of aryl methyl sites for hydroxylation is 1. The molecule has 4 rings (SSSR count). The molecule has 3 aromatic carbocycles. The molecule has 0 saturated heterocycles. The Hall–Kier alpha value is -4.11. The molecule has 9 heteroatoms. The molecule has 0 spiro atoms. The maximum Gasteiger partial charge on any atom is 0.255 e. The fourth-order valence-corrected chi connectivity index (χ4v) is 4.71. The highest BCUT2D eigenvalue weighted by molar-refractivity contribution is 7.99. The fraction of sp³-hybridized carbons (Fsp3) is 0.267. The number of benzene rings is 3. The van der Waals surface area contributed by atoms with Crippen LogP contribution >= 0.6 is 11.8 Å². The first-order valence-electron chi connectivity index (χ1n) is 12.5. The highest BCUT2D eigenvalue weighted by atomic mass is 32.2. The van der Waals surface area contributed by atoms with Crippen molar-refractivity contribution in [3.63, 3.8) is 0 Å². The summed E-state index contributed by atoms with van der Waals surface area (Å²) in [6.07, 6.45) is 0. The normalized spacial score (nSPS) is 11.2. The molecule has 0 fully saturated rings. The molecule has 0 aliphatic heterocycles. The molecule has 0 saturated carbocycles. The molecule has 1 aromatic heterocycles. The second-order valence-corrected chi connectivity index (χ2v) is 11.2. The molecule has 0 aliphatic carbocycles. The Labute approximate surface area is 233 Å². The summed E-state index contributed by atoms with van der Waals surface area (Å²) in [5, 5.41) is 15.1. The van der Waals surface area contributed by atoms with Gasteiger partial charge in [0.15, 0.2) is 11.0 Å². The summed E-state index contributed by atoms with van der Waals surface area (Å²) in [6, 6.07) is 20.8. The largest absolute Gasteiger partial charge is 0.494 e. The third-order valence-electron chi connectivity index (χ3n) is 6.28. The van der Waals surface area contributed by atoms with Crippen LogP contribution in [0.25, 0.3) is 11.4 Å². The zero-order chi connectivity index (χ0) is 28.2. The van der Waals surface area contributed by atoms with Crippen molar-refractivity contribution in [1.29, 1.82) is 0 Å². The molecule has 8 nitrogen and oxygen atoms in total. The molecular formula is C30H33N5O3S. The van der Waals surface area contributed by atoms with Gasteiger partial charge in [0, 0.05) is 29.9 Å². The Morgan fingerprint density at radius 2 is 1.64 bits per heavy atom. The third-order valence-corrected chi connectivity index (χ3v) is 7.30. The molecule has 0 bridgehead atoms. The minimum absolute atomic E-state index is 0.0738. The number of amides is 2. The maximum absolute atomic E-state index is 12.8. The highest BCUT2D eigenvalue weighted by Crippen LogP contribution is 2.32. The second-order valence-electron chi connectivity index (χ2n) is 10.2. The van der Waals surface area contributed by atoms with Crippen LogP contribution < -0.4 is 15.4 Å². The van der Waals surface area contributed by atoms with Crippen LogP contribution in [0.4, 0.5) is 11.4 Å². The van der Waals surface area contributed by atoms with Crippen LogP contribution in [0.5, 0.6) is 5.75 Å². The van der Waals surface area contributed by atoms with E-state index in [1.54, 1.807) is 24.3 Å². The lowest BCUT2D eigenvalue weighted by atomic mass is 9.87. The van der Waals surface area contributed by atoms with Gasteiger partial charge in [0.25, 0.3) is 5.91 Å². The predicted molar refractivity (Wildman–Crippen MR) is 157 cm³/mol. The summed E-state index contributed by atoms with van der Waals surface area (Å²) in [5.74, 6) is 0.898. The Bertz CT molecular complexity index is 1480. The fourth-order valence-electron chi connectivity index (χ4n) is 4.00. The van der Waals surface area contributed by atoms with Gasteiger partial charge in [-0.25, -0.2) is 0 Å². The molecular weight excluding hydrogens is 510 g/mol. The maximum atomic E-state index is 12.8. The van der Waals surface area contributed by atoms with E-state index in [1.165, 1.54) is 24.4 Å². The number of ether oxygens (including phenoxy) is 1. The minimum Gasteiger partial charge on any atom is -0.494 e. The number of methoxy groups -OCH3 is 1. The number of hydrogen-bond donors (Lipinski definition) is 2. The number of rotatable bonds is 8. The summed E-state index contributed by atoms with van der Waals surface area (Å²) >= 11 is 1.30. The Morgan fingerprint density at radius 1 is 0.949 bits per heavy atom. The van der Waals surface area contributed by atoms with Gasteiger partial charge in [0.2, 0.25) is 5.91 Å². The standard InChI is InChI=1S/C30H33N5O3S/c1-19-16-24(25(38-6)17-23(19)32-28(37)21-10-8-7-9-11-21)31-26(36)18-39-29-34-33-27(35(29)5)20-12-14-22(15-13-20)30(2,3)4/h7-17H,18H2,1-6H3,(H,31,36)(H,32,37). The van der Waals surface area contributed by atoms with Gasteiger partial charge < -0.3 is 19.9 Å². The van der Waals surface area contributed by atoms with E-state index in [-0.39, 0.29) is 23.0 Å². The number of anilines is 2. The number of carbonyl (C=O) groups excluding carboxylic acids is 2. The first-order valence-corrected chi connectivity index (χ1v) is 13.5. The van der Waals surface area contributed by atoms with Gasteiger partial charge in [-0.05, 0) is 41.7 Å². The highest BCUT2D eigenvalue weighted by Gasteiger charge is 2.18. The first-order chi connectivity index (χ1) is 18.6. The quantitative estimate of drug-likeness (QED) is 0.261. The third kappa shape index (κ3) is 6.67. The first kappa shape index (κ1) is 27.9. The molecule has 2 N–H and O–H groups in total. The van der Waals surface area contributed by atoms with Gasteiger partial charge in [-0.3, -0.25) is 9.59 Å². The summed E-state index contributed by atoms with van der Waals surface area (Å²) in [5.41, 5.74) is 4.76. The van der Waals surface area contributed by atoms with Crippen molar-refractivity contribution >= 4 is 35.0 Å². The number of aromatic nitrogens is 3. The predicted octanol–water partition coefficient (Wildman–Crippen LogP) is 6.08. The van der Waals surface area contributed by atoms with E-state index < -0.39 is 0 Å². The van der Waals surface area contributed by atoms with Gasteiger partial charge in [-0.2, -0.15) is 0 Å². The Kier molecular flexibility index (Phi) is 8.40. The van der Waals surface area contributed by atoms with Gasteiger partial charge in [0.05, 0.1) is 18.6 Å². The zero-order valence-corrected chi connectivity index (χ0v) is 23.8. The average Bonchev–Trinajstić information content (AvgIpc) is 3.29. The SMILES string of the molecule is COc1cc(NC(=O)c2ccccc2)c(C)cc1NC(=O)CSc1nnc(-c2ccc(C(C)(C)C)cc2)n1C. The van der Waals surface area contributed by atoms with Gasteiger partial charge in [-0.15, -0.1) is 10.2 Å². The van der Waals surface area contributed by atoms with E-state index in [9.17, 15) is 9.59 Å². The van der Waals surface area contributed by atoms with Crippen molar-refractivity contribution in [2.45, 2.75) is 38.3 Å². The van der Waals surface area contributed by atoms with Crippen LogP contribution in [0, 0.1) is 6.92 Å². The molecule has 2 amide bonds. The number of carbonyl (C=O) groups is 2. The van der Waals surface area contributed by atoms with Gasteiger partial charge in [-0.1, -0.05) is 75.0 Å². The van der Waals surface area contributed by atoms with Crippen molar-refractivity contribution in [1.82, 2.24) is 14.8 Å². The van der Waals surface area contributed by atoms with E-state index in [2.05, 4.69) is 53.7 Å². The molecule has 0 radical (unpaired) electrons. The molecule has 0 unspecified atom stereocenters. The number of thioether (sulfide) groups is 1. The molecule has 0 atom stereocenters. The second kappa shape index (κ2) is 11.7. The number of nitrogens with one attached hydrogen (secondary N) is 2. The number of hydrogen-bond acceptors (Lipinski definition) is 6. The van der Waals surface area contributed by atoms with E-state index >= 15 is 0 Å². The van der Waals surface area contributed by atoms with Crippen LogP contribution in [0.2, 0.25) is 0 Å². The van der Waals surface area contributed by atoms with Crippen LogP contribution in [-0.2, 0) is 17.3 Å². The Morgan fingerprint density at radius 3 is 2.28 bits per heavy atom. The van der Waals surface area contributed by atoms with Crippen molar-refractivity contribution in [3.05, 3.63) is 83.4 Å². The van der Waals surface area contributed by atoms with Crippen molar-refractivity contribution in [2.75, 3.05) is 23.5 Å². The van der Waals surface area contributed by atoms with Crippen LogP contribution in [0.3, 0.4) is 0 Å². The van der Waals surface area contributed by atoms with Crippen LogP contribution in [0.1, 0.15) is 42.3 Å². The summed E-state index contributed by atoms with van der Waals surface area (Å²) in [4.78, 5) is 25.4.